The van der Waals surface area contributed by atoms with Crippen LogP contribution in [-0.2, 0) is 4.79 Å². The predicted molar refractivity (Wildman–Crippen MR) is 101 cm³/mol. The van der Waals surface area contributed by atoms with Crippen molar-refractivity contribution in [3.63, 3.8) is 0 Å². The molecular formula is C18H15N3O4S. The van der Waals surface area contributed by atoms with Gasteiger partial charge in [-0.25, -0.2) is 4.99 Å². The second kappa shape index (κ2) is 7.01. The molecule has 0 saturated carbocycles. The fraction of sp³-hybridized carbons (Fsp3) is 0.111. The van der Waals surface area contributed by atoms with Crippen molar-refractivity contribution in [1.29, 1.82) is 0 Å². The van der Waals surface area contributed by atoms with E-state index in [-0.39, 0.29) is 17.3 Å². The van der Waals surface area contributed by atoms with Crippen LogP contribution in [0.15, 0.2) is 52.4 Å². The lowest BCUT2D eigenvalue weighted by Crippen LogP contribution is -2.19. The van der Waals surface area contributed by atoms with Crippen LogP contribution in [-0.4, -0.2) is 21.1 Å². The first kappa shape index (κ1) is 17.7. The molecule has 0 bridgehead atoms. The van der Waals surface area contributed by atoms with E-state index < -0.39 is 4.92 Å². The van der Waals surface area contributed by atoms with Gasteiger partial charge in [-0.15, -0.1) is 0 Å². The van der Waals surface area contributed by atoms with Gasteiger partial charge in [0.05, 0.1) is 9.83 Å². The number of non-ortho nitro benzene ring substituents is 1. The average molecular weight is 369 g/mol. The second-order valence-electron chi connectivity index (χ2n) is 5.67. The first-order valence-corrected chi connectivity index (χ1v) is 8.50. The van der Waals surface area contributed by atoms with Crippen LogP contribution in [0, 0.1) is 17.0 Å². The summed E-state index contributed by atoms with van der Waals surface area (Å²) in [5.74, 6) is -0.255. The van der Waals surface area contributed by atoms with Crippen molar-refractivity contribution in [2.45, 2.75) is 13.8 Å². The normalized spacial score (nSPS) is 17.3. The molecule has 0 unspecified atom stereocenters. The number of carbonyl (C=O) groups is 1. The lowest BCUT2D eigenvalue weighted by atomic mass is 10.1. The first-order chi connectivity index (χ1) is 12.4. The molecule has 0 aromatic heterocycles. The molecule has 0 spiro atoms. The number of allylic oxidation sites excluding steroid dienone is 1. The van der Waals surface area contributed by atoms with Gasteiger partial charge in [0.2, 0.25) is 0 Å². The zero-order valence-electron chi connectivity index (χ0n) is 14.0. The number of nitrogens with zero attached hydrogens (tertiary/aromatic N) is 2. The number of nitro benzene ring substituents is 1. The Bertz CT molecular complexity index is 945. The van der Waals surface area contributed by atoms with E-state index in [2.05, 4.69) is 10.3 Å². The molecule has 1 aliphatic heterocycles. The maximum absolute atomic E-state index is 12.3. The van der Waals surface area contributed by atoms with Crippen molar-refractivity contribution in [3.8, 4) is 5.75 Å². The van der Waals surface area contributed by atoms with Crippen LogP contribution in [0.1, 0.15) is 18.1 Å². The number of aromatic hydroxyl groups is 1. The number of thioether (sulfide) groups is 1. The Hall–Kier alpha value is -3.13. The van der Waals surface area contributed by atoms with Crippen molar-refractivity contribution in [1.82, 2.24) is 5.32 Å². The maximum atomic E-state index is 12.3. The van der Waals surface area contributed by atoms with Gasteiger partial charge in [-0.1, -0.05) is 12.1 Å². The number of aliphatic imine (C=N–C) groups is 1. The molecule has 0 aliphatic carbocycles. The number of benzene rings is 2. The van der Waals surface area contributed by atoms with Crippen molar-refractivity contribution in [2.75, 3.05) is 0 Å². The largest absolute Gasteiger partial charge is 0.506 e. The van der Waals surface area contributed by atoms with Crippen molar-refractivity contribution in [2.24, 2.45) is 4.99 Å². The molecule has 1 saturated heterocycles. The Balaban J connectivity index is 1.92. The van der Waals surface area contributed by atoms with Crippen LogP contribution in [0.4, 0.5) is 11.4 Å². The zero-order valence-corrected chi connectivity index (χ0v) is 14.8. The molecule has 132 valence electrons. The fourth-order valence-corrected chi connectivity index (χ4v) is 3.36. The summed E-state index contributed by atoms with van der Waals surface area (Å²) in [7, 11) is 0. The number of hydrogen-bond acceptors (Lipinski definition) is 6. The number of para-hydroxylation sites is 1. The molecular weight excluding hydrogens is 354 g/mol. The molecule has 2 aromatic carbocycles. The minimum absolute atomic E-state index is 0.00708. The maximum Gasteiger partial charge on any atom is 0.269 e. The van der Waals surface area contributed by atoms with E-state index in [0.717, 1.165) is 5.56 Å². The van der Waals surface area contributed by atoms with E-state index in [9.17, 15) is 20.0 Å². The SMILES string of the molecule is C/C(=C1/SC(=Nc2c(C)cccc2O)NC1=O)c1ccc([N+](=O)[O-])cc1. The monoisotopic (exact) mass is 369 g/mol. The molecule has 1 aliphatic rings. The van der Waals surface area contributed by atoms with Crippen LogP contribution in [0.25, 0.3) is 5.57 Å². The number of phenolic OH excluding ortho intramolecular Hbond substituents is 1. The molecule has 3 rings (SSSR count). The number of hydrogen-bond donors (Lipinski definition) is 2. The van der Waals surface area contributed by atoms with Gasteiger partial charge in [0.1, 0.15) is 11.4 Å². The summed E-state index contributed by atoms with van der Waals surface area (Å²) in [6.45, 7) is 3.59. The van der Waals surface area contributed by atoms with Gasteiger partial charge in [0.25, 0.3) is 11.6 Å². The number of amides is 1. The van der Waals surface area contributed by atoms with Gasteiger partial charge in [-0.05, 0) is 60.5 Å². The topological polar surface area (TPSA) is 105 Å². The Morgan fingerprint density at radius 2 is 1.92 bits per heavy atom. The van der Waals surface area contributed by atoms with Gasteiger partial charge in [0, 0.05) is 12.1 Å². The van der Waals surface area contributed by atoms with E-state index in [1.165, 1.54) is 30.0 Å². The summed E-state index contributed by atoms with van der Waals surface area (Å²) < 4.78 is 0. The van der Waals surface area contributed by atoms with Crippen LogP contribution in [0.2, 0.25) is 0 Å². The van der Waals surface area contributed by atoms with Gasteiger partial charge < -0.3 is 10.4 Å². The molecule has 1 fully saturated rings. The predicted octanol–water partition coefficient (Wildman–Crippen LogP) is 3.89. The van der Waals surface area contributed by atoms with Crippen molar-refractivity contribution in [3.05, 3.63) is 68.6 Å². The summed E-state index contributed by atoms with van der Waals surface area (Å²) in [5, 5.41) is 23.8. The average Bonchev–Trinajstić information content (AvgIpc) is 2.98. The third-order valence-electron chi connectivity index (χ3n) is 3.91. The Morgan fingerprint density at radius 3 is 2.54 bits per heavy atom. The molecule has 1 heterocycles. The smallest absolute Gasteiger partial charge is 0.269 e. The van der Waals surface area contributed by atoms with Crippen LogP contribution in [0.3, 0.4) is 0 Å². The van der Waals surface area contributed by atoms with Crippen LogP contribution >= 0.6 is 11.8 Å². The van der Waals surface area contributed by atoms with Gasteiger partial charge in [-0.3, -0.25) is 14.9 Å². The van der Waals surface area contributed by atoms with Gasteiger partial charge in [0.15, 0.2) is 5.17 Å². The van der Waals surface area contributed by atoms with E-state index in [4.69, 9.17) is 0 Å². The number of rotatable bonds is 3. The zero-order chi connectivity index (χ0) is 18.8. The lowest BCUT2D eigenvalue weighted by Gasteiger charge is -2.04. The number of amidine groups is 1. The highest BCUT2D eigenvalue weighted by molar-refractivity contribution is 8.18. The number of nitro groups is 1. The summed E-state index contributed by atoms with van der Waals surface area (Å²) in [6, 6.07) is 11.1. The Kier molecular flexibility index (Phi) is 4.77. The summed E-state index contributed by atoms with van der Waals surface area (Å²) in [5.41, 5.74) is 2.60. The minimum Gasteiger partial charge on any atom is -0.506 e. The Morgan fingerprint density at radius 1 is 1.23 bits per heavy atom. The third kappa shape index (κ3) is 3.45. The van der Waals surface area contributed by atoms with E-state index in [1.54, 1.807) is 25.1 Å². The molecule has 0 radical (unpaired) electrons. The highest BCUT2D eigenvalue weighted by atomic mass is 32.2. The highest BCUT2D eigenvalue weighted by Crippen LogP contribution is 2.36. The van der Waals surface area contributed by atoms with Gasteiger partial charge >= 0.3 is 0 Å². The van der Waals surface area contributed by atoms with Crippen LogP contribution < -0.4 is 5.32 Å². The summed E-state index contributed by atoms with van der Waals surface area (Å²) >= 11 is 1.17. The second-order valence-corrected chi connectivity index (χ2v) is 6.67. The number of aryl methyl sites for hydroxylation is 1. The van der Waals surface area contributed by atoms with Crippen molar-refractivity contribution < 1.29 is 14.8 Å². The molecule has 2 aromatic rings. The van der Waals surface area contributed by atoms with Crippen LogP contribution in [0.5, 0.6) is 5.75 Å². The minimum atomic E-state index is -0.470. The van der Waals surface area contributed by atoms with E-state index in [1.807, 2.05) is 13.0 Å². The molecule has 1 amide bonds. The number of phenols is 1. The van der Waals surface area contributed by atoms with Crippen molar-refractivity contribution >= 4 is 39.8 Å². The molecule has 0 atom stereocenters. The fourth-order valence-electron chi connectivity index (χ4n) is 2.47. The Labute approximate surface area is 153 Å². The molecule has 8 heteroatoms. The van der Waals surface area contributed by atoms with E-state index in [0.29, 0.717) is 26.9 Å². The summed E-state index contributed by atoms with van der Waals surface area (Å²) in [6.07, 6.45) is 0. The number of nitrogens with one attached hydrogen (secondary N) is 1. The molecule has 26 heavy (non-hydrogen) atoms. The molecule has 7 nitrogen and oxygen atoms in total. The summed E-state index contributed by atoms with van der Waals surface area (Å²) in [4.78, 5) is 27.4. The lowest BCUT2D eigenvalue weighted by molar-refractivity contribution is -0.384. The highest BCUT2D eigenvalue weighted by Gasteiger charge is 2.27. The quantitative estimate of drug-likeness (QED) is 0.485. The standard InChI is InChI=1S/C18H15N3O4S/c1-10-4-3-5-14(22)15(10)19-18-20-17(23)16(26-18)11(2)12-6-8-13(9-7-12)21(24)25/h3-9,22H,1-2H3,(H,19,20,23)/b16-11-. The van der Waals surface area contributed by atoms with Gasteiger partial charge in [-0.2, -0.15) is 0 Å². The third-order valence-corrected chi connectivity index (χ3v) is 4.99. The molecule has 2 N–H and O–H groups in total. The number of carbonyl (C=O) groups excluding carboxylic acids is 1. The first-order valence-electron chi connectivity index (χ1n) is 7.69. The van der Waals surface area contributed by atoms with E-state index >= 15 is 0 Å².